The second-order valence-electron chi connectivity index (χ2n) is 4.56. The van der Waals surface area contributed by atoms with Crippen LogP contribution in [0.25, 0.3) is 0 Å². The van der Waals surface area contributed by atoms with Crippen LogP contribution < -0.4 is 11.1 Å². The summed E-state index contributed by atoms with van der Waals surface area (Å²) in [6.45, 7) is 7.38. The molecule has 0 saturated heterocycles. The minimum atomic E-state index is -0.968. The molecule has 0 spiro atoms. The van der Waals surface area contributed by atoms with E-state index >= 15 is 0 Å². The zero-order valence-corrected chi connectivity index (χ0v) is 12.2. The van der Waals surface area contributed by atoms with Crippen LogP contribution in [0.15, 0.2) is 12.1 Å². The lowest BCUT2D eigenvalue weighted by atomic mass is 10.0. The third-order valence-corrected chi connectivity index (χ3v) is 2.73. The molecule has 0 amide bonds. The lowest BCUT2D eigenvalue weighted by Crippen LogP contribution is -2.25. The van der Waals surface area contributed by atoms with Gasteiger partial charge in [-0.15, -0.1) is 0 Å². The van der Waals surface area contributed by atoms with Gasteiger partial charge in [-0.25, -0.2) is 0 Å². The van der Waals surface area contributed by atoms with E-state index in [0.29, 0.717) is 0 Å². The molecular weight excluding hydrogens is 260 g/mol. The highest BCUT2D eigenvalue weighted by Crippen LogP contribution is 2.21. The van der Waals surface area contributed by atoms with Crippen LogP contribution in [-0.2, 0) is 9.59 Å². The van der Waals surface area contributed by atoms with Gasteiger partial charge in [-0.1, -0.05) is 6.07 Å². The molecule has 1 aromatic rings. The third-order valence-electron chi connectivity index (χ3n) is 2.73. The minimum Gasteiger partial charge on any atom is -0.480 e. The minimum absolute atomic E-state index is 0.278. The number of hydrogen-bond donors (Lipinski definition) is 4. The summed E-state index contributed by atoms with van der Waals surface area (Å²) >= 11 is 0. The van der Waals surface area contributed by atoms with E-state index in [1.165, 1.54) is 5.56 Å². The van der Waals surface area contributed by atoms with Crippen molar-refractivity contribution in [1.29, 1.82) is 0 Å². The Kier molecular flexibility index (Phi) is 7.31. The monoisotopic (exact) mass is 282 g/mol. The smallest absolute Gasteiger partial charge is 0.325 e. The van der Waals surface area contributed by atoms with Gasteiger partial charge in [0.1, 0.15) is 6.04 Å². The van der Waals surface area contributed by atoms with Crippen LogP contribution in [-0.4, -0.2) is 34.7 Å². The molecule has 0 aliphatic carbocycles. The number of carbonyl (C=O) groups is 2. The predicted octanol–water partition coefficient (Wildman–Crippen LogP) is 1.53. The zero-order chi connectivity index (χ0) is 15.9. The van der Waals surface area contributed by atoms with Crippen molar-refractivity contribution in [3.63, 3.8) is 0 Å². The quantitative estimate of drug-likeness (QED) is 0.666. The van der Waals surface area contributed by atoms with Gasteiger partial charge < -0.3 is 21.3 Å². The molecule has 0 aliphatic heterocycles. The summed E-state index contributed by atoms with van der Waals surface area (Å²) in [7, 11) is 0. The van der Waals surface area contributed by atoms with Gasteiger partial charge in [0, 0.05) is 5.69 Å². The maximum Gasteiger partial charge on any atom is 0.325 e. The van der Waals surface area contributed by atoms with Crippen molar-refractivity contribution in [3.8, 4) is 0 Å². The Morgan fingerprint density at radius 3 is 2.15 bits per heavy atom. The van der Waals surface area contributed by atoms with Crippen molar-refractivity contribution in [2.24, 2.45) is 5.73 Å². The van der Waals surface area contributed by atoms with E-state index in [1.807, 2.05) is 26.8 Å². The molecular formula is C14H22N2O4. The lowest BCUT2D eigenvalue weighted by Gasteiger charge is -2.15. The molecule has 1 atom stereocenters. The molecule has 1 rings (SSSR count). The van der Waals surface area contributed by atoms with Crippen molar-refractivity contribution in [2.45, 2.75) is 33.7 Å². The molecule has 20 heavy (non-hydrogen) atoms. The number of aryl methyl sites for hydroxylation is 2. The maximum absolute atomic E-state index is 10.7. The number of nitrogens with two attached hydrogens (primary N) is 1. The molecule has 0 bridgehead atoms. The third kappa shape index (κ3) is 6.19. The molecule has 6 heteroatoms. The summed E-state index contributed by atoms with van der Waals surface area (Å²) in [5.74, 6) is -1.81. The molecule has 0 saturated carbocycles. The van der Waals surface area contributed by atoms with Crippen molar-refractivity contribution in [1.82, 2.24) is 0 Å². The molecule has 0 aliphatic rings. The Labute approximate surface area is 118 Å². The van der Waals surface area contributed by atoms with Gasteiger partial charge >= 0.3 is 11.9 Å². The van der Waals surface area contributed by atoms with E-state index in [-0.39, 0.29) is 6.54 Å². The van der Waals surface area contributed by atoms with E-state index < -0.39 is 18.0 Å². The molecule has 112 valence electrons. The Hall–Kier alpha value is -2.08. The number of rotatable bonds is 4. The van der Waals surface area contributed by atoms with Gasteiger partial charge in [-0.3, -0.25) is 9.59 Å². The normalized spacial score (nSPS) is 11.1. The van der Waals surface area contributed by atoms with Crippen molar-refractivity contribution < 1.29 is 19.8 Å². The summed E-state index contributed by atoms with van der Waals surface area (Å²) < 4.78 is 0. The fourth-order valence-corrected chi connectivity index (χ4v) is 1.48. The summed E-state index contributed by atoms with van der Waals surface area (Å²) in [4.78, 5) is 20.0. The number of nitrogens with one attached hydrogen (secondary N) is 1. The first-order chi connectivity index (χ1) is 9.18. The number of aliphatic carboxylic acids is 2. The first kappa shape index (κ1) is 17.9. The Morgan fingerprint density at radius 1 is 1.25 bits per heavy atom. The first-order valence-electron chi connectivity index (χ1n) is 6.18. The van der Waals surface area contributed by atoms with Crippen molar-refractivity contribution in [3.05, 3.63) is 28.8 Å². The fourth-order valence-electron chi connectivity index (χ4n) is 1.48. The summed E-state index contributed by atoms with van der Waals surface area (Å²) in [6, 6.07) is 3.50. The first-order valence-corrected chi connectivity index (χ1v) is 6.18. The lowest BCUT2D eigenvalue weighted by molar-refractivity contribution is -0.137. The highest BCUT2D eigenvalue weighted by molar-refractivity contribution is 5.77. The Balaban J connectivity index is 0.000000621. The average molecular weight is 282 g/mol. The Bertz CT molecular complexity index is 486. The molecule has 6 nitrogen and oxygen atoms in total. The van der Waals surface area contributed by atoms with Crippen LogP contribution in [0.4, 0.5) is 5.69 Å². The number of benzene rings is 1. The fraction of sp³-hybridized carbons (Fsp3) is 0.429. The molecule has 1 aromatic carbocycles. The molecule has 0 aromatic heterocycles. The van der Waals surface area contributed by atoms with E-state index in [0.717, 1.165) is 16.8 Å². The Morgan fingerprint density at radius 2 is 1.75 bits per heavy atom. The van der Waals surface area contributed by atoms with Gasteiger partial charge in [-0.2, -0.15) is 0 Å². The second kappa shape index (κ2) is 8.16. The van der Waals surface area contributed by atoms with Gasteiger partial charge in [-0.05, 0) is 50.5 Å². The van der Waals surface area contributed by atoms with Crippen molar-refractivity contribution in [2.75, 3.05) is 11.9 Å². The number of carboxylic acids is 2. The van der Waals surface area contributed by atoms with Crippen LogP contribution >= 0.6 is 0 Å². The molecule has 0 heterocycles. The van der Waals surface area contributed by atoms with Crippen LogP contribution in [0.2, 0.25) is 0 Å². The van der Waals surface area contributed by atoms with E-state index in [1.54, 1.807) is 6.92 Å². The van der Waals surface area contributed by atoms with E-state index in [9.17, 15) is 9.59 Å². The summed E-state index contributed by atoms with van der Waals surface area (Å²) in [5.41, 5.74) is 8.90. The van der Waals surface area contributed by atoms with E-state index in [2.05, 4.69) is 17.1 Å². The van der Waals surface area contributed by atoms with Crippen molar-refractivity contribution >= 4 is 17.6 Å². The van der Waals surface area contributed by atoms with Crippen LogP contribution in [0.3, 0.4) is 0 Å². The summed E-state index contributed by atoms with van der Waals surface area (Å²) in [5, 5.41) is 19.4. The molecule has 0 unspecified atom stereocenters. The standard InChI is InChI=1S/C12H17NO2.C2H5NO2/c1-7-5-8(2)9(3)11(6-7)13-10(4)12(14)15;3-1-2(4)5/h5-6,10,13H,1-4H3,(H,14,15);1,3H2,(H,4,5)/t10-;/m0./s1. The molecule has 0 fully saturated rings. The van der Waals surface area contributed by atoms with Gasteiger partial charge in [0.15, 0.2) is 0 Å². The second-order valence-corrected chi connectivity index (χ2v) is 4.56. The number of anilines is 1. The SMILES string of the molecule is Cc1cc(C)c(C)c(N[C@@H](C)C(=O)O)c1.NCC(=O)O. The highest BCUT2D eigenvalue weighted by Gasteiger charge is 2.12. The van der Waals surface area contributed by atoms with Gasteiger partial charge in [0.2, 0.25) is 0 Å². The highest BCUT2D eigenvalue weighted by atomic mass is 16.4. The maximum atomic E-state index is 10.7. The number of carboxylic acid groups (broad SMARTS) is 2. The van der Waals surface area contributed by atoms with Crippen LogP contribution in [0.1, 0.15) is 23.6 Å². The summed E-state index contributed by atoms with van der Waals surface area (Å²) in [6.07, 6.45) is 0. The van der Waals surface area contributed by atoms with E-state index in [4.69, 9.17) is 10.2 Å². The van der Waals surface area contributed by atoms with Gasteiger partial charge in [0.25, 0.3) is 0 Å². The topological polar surface area (TPSA) is 113 Å². The predicted molar refractivity (Wildman–Crippen MR) is 78.1 cm³/mol. The largest absolute Gasteiger partial charge is 0.480 e. The number of hydrogen-bond acceptors (Lipinski definition) is 4. The molecule has 5 N–H and O–H groups in total. The van der Waals surface area contributed by atoms with Crippen LogP contribution in [0, 0.1) is 20.8 Å². The van der Waals surface area contributed by atoms with Crippen LogP contribution in [0.5, 0.6) is 0 Å². The average Bonchev–Trinajstić information content (AvgIpc) is 2.35. The molecule has 0 radical (unpaired) electrons. The zero-order valence-electron chi connectivity index (χ0n) is 12.2. The van der Waals surface area contributed by atoms with Gasteiger partial charge in [0.05, 0.1) is 6.54 Å².